The van der Waals surface area contributed by atoms with Gasteiger partial charge in [-0.1, -0.05) is 33.6 Å². The Morgan fingerprint density at radius 1 is 1.62 bits per heavy atom. The predicted molar refractivity (Wildman–Crippen MR) is 54.0 cm³/mol. The standard InChI is InChI=1S/C8H7BrClNO2/c9-7-3-6(10)2-1-5(7)4-11-8(12)13/h1-3,11H,4H2,(H,12,13). The van der Waals surface area contributed by atoms with E-state index in [4.69, 9.17) is 16.7 Å². The molecule has 0 aliphatic carbocycles. The first-order valence-corrected chi connectivity index (χ1v) is 4.67. The van der Waals surface area contributed by atoms with Gasteiger partial charge >= 0.3 is 6.09 Å². The zero-order valence-corrected chi connectivity index (χ0v) is 8.89. The zero-order valence-electron chi connectivity index (χ0n) is 6.55. The van der Waals surface area contributed by atoms with E-state index in [1.807, 2.05) is 0 Å². The maximum Gasteiger partial charge on any atom is 0.404 e. The van der Waals surface area contributed by atoms with Crippen molar-refractivity contribution >= 4 is 33.6 Å². The summed E-state index contributed by atoms with van der Waals surface area (Å²) in [5, 5.41) is 11.3. The number of hydrogen-bond donors (Lipinski definition) is 2. The molecule has 1 aromatic rings. The quantitative estimate of drug-likeness (QED) is 0.863. The molecule has 0 aliphatic rings. The molecule has 0 radical (unpaired) electrons. The van der Waals surface area contributed by atoms with Crippen molar-refractivity contribution in [2.24, 2.45) is 0 Å². The van der Waals surface area contributed by atoms with Crippen molar-refractivity contribution in [3.63, 3.8) is 0 Å². The summed E-state index contributed by atoms with van der Waals surface area (Å²) in [6.07, 6.45) is -1.04. The molecule has 1 amide bonds. The highest BCUT2D eigenvalue weighted by atomic mass is 79.9. The summed E-state index contributed by atoms with van der Waals surface area (Å²) < 4.78 is 0.800. The summed E-state index contributed by atoms with van der Waals surface area (Å²) in [5.41, 5.74) is 0.854. The lowest BCUT2D eigenvalue weighted by atomic mass is 10.2. The SMILES string of the molecule is O=C(O)NCc1ccc(Cl)cc1Br. The molecular weight excluding hydrogens is 257 g/mol. The van der Waals surface area contributed by atoms with Crippen LogP contribution in [0.15, 0.2) is 22.7 Å². The number of carboxylic acid groups (broad SMARTS) is 1. The summed E-state index contributed by atoms with van der Waals surface area (Å²) >= 11 is 8.99. The average molecular weight is 265 g/mol. The minimum atomic E-state index is -1.04. The highest BCUT2D eigenvalue weighted by Crippen LogP contribution is 2.21. The van der Waals surface area contributed by atoms with Gasteiger partial charge in [0.2, 0.25) is 0 Å². The number of hydrogen-bond acceptors (Lipinski definition) is 1. The van der Waals surface area contributed by atoms with E-state index in [1.165, 1.54) is 0 Å². The van der Waals surface area contributed by atoms with Gasteiger partial charge in [-0.25, -0.2) is 4.79 Å². The number of halogens is 2. The molecule has 0 fully saturated rings. The molecule has 70 valence electrons. The van der Waals surface area contributed by atoms with Gasteiger partial charge in [0.25, 0.3) is 0 Å². The molecule has 0 heterocycles. The second-order valence-electron chi connectivity index (χ2n) is 2.39. The van der Waals surface area contributed by atoms with Crippen molar-refractivity contribution < 1.29 is 9.90 Å². The van der Waals surface area contributed by atoms with Gasteiger partial charge in [-0.3, -0.25) is 0 Å². The summed E-state index contributed by atoms with van der Waals surface area (Å²) in [6, 6.07) is 5.20. The molecular formula is C8H7BrClNO2. The van der Waals surface area contributed by atoms with Crippen LogP contribution in [-0.4, -0.2) is 11.2 Å². The average Bonchev–Trinajstić information content (AvgIpc) is 2.02. The molecule has 5 heteroatoms. The van der Waals surface area contributed by atoms with Gasteiger partial charge in [-0.05, 0) is 17.7 Å². The molecule has 0 saturated heterocycles. The Morgan fingerprint density at radius 3 is 2.85 bits per heavy atom. The lowest BCUT2D eigenvalue weighted by Gasteiger charge is -2.04. The molecule has 0 unspecified atom stereocenters. The Kier molecular flexibility index (Phi) is 3.57. The second-order valence-corrected chi connectivity index (χ2v) is 3.69. The van der Waals surface area contributed by atoms with Crippen LogP contribution in [0.1, 0.15) is 5.56 Å². The van der Waals surface area contributed by atoms with Gasteiger partial charge in [0.05, 0.1) is 0 Å². The number of amides is 1. The number of carbonyl (C=O) groups is 1. The lowest BCUT2D eigenvalue weighted by Crippen LogP contribution is -2.20. The molecule has 3 nitrogen and oxygen atoms in total. The smallest absolute Gasteiger partial charge is 0.404 e. The maximum atomic E-state index is 10.2. The Hall–Kier alpha value is -0.740. The number of nitrogens with one attached hydrogen (secondary N) is 1. The van der Waals surface area contributed by atoms with Gasteiger partial charge in [-0.15, -0.1) is 0 Å². The van der Waals surface area contributed by atoms with Crippen LogP contribution >= 0.6 is 27.5 Å². The fourth-order valence-electron chi connectivity index (χ4n) is 0.836. The van der Waals surface area contributed by atoms with E-state index >= 15 is 0 Å². The Balaban J connectivity index is 2.72. The third kappa shape index (κ3) is 3.24. The summed E-state index contributed by atoms with van der Waals surface area (Å²) in [6.45, 7) is 0.271. The third-order valence-electron chi connectivity index (χ3n) is 1.45. The Bertz CT molecular complexity index is 330. The van der Waals surface area contributed by atoms with Crippen LogP contribution in [-0.2, 0) is 6.54 Å². The normalized spacial score (nSPS) is 9.69. The van der Waals surface area contributed by atoms with Crippen LogP contribution < -0.4 is 5.32 Å². The van der Waals surface area contributed by atoms with Crippen molar-refractivity contribution in [2.75, 3.05) is 0 Å². The zero-order chi connectivity index (χ0) is 9.84. The fraction of sp³-hybridized carbons (Fsp3) is 0.125. The molecule has 1 rings (SSSR count). The largest absolute Gasteiger partial charge is 0.465 e. The van der Waals surface area contributed by atoms with Gasteiger partial charge in [-0.2, -0.15) is 0 Å². The first-order valence-electron chi connectivity index (χ1n) is 3.50. The Labute approximate surface area is 88.8 Å². The van der Waals surface area contributed by atoms with E-state index in [0.717, 1.165) is 10.0 Å². The molecule has 1 aromatic carbocycles. The second kappa shape index (κ2) is 4.48. The van der Waals surface area contributed by atoms with Crippen LogP contribution in [0.25, 0.3) is 0 Å². The minimum absolute atomic E-state index is 0.271. The minimum Gasteiger partial charge on any atom is -0.465 e. The molecule has 2 N–H and O–H groups in total. The maximum absolute atomic E-state index is 10.2. The van der Waals surface area contributed by atoms with Crippen LogP contribution in [0.2, 0.25) is 5.02 Å². The van der Waals surface area contributed by atoms with Crippen molar-refractivity contribution in [1.29, 1.82) is 0 Å². The van der Waals surface area contributed by atoms with Crippen molar-refractivity contribution in [3.8, 4) is 0 Å². The van der Waals surface area contributed by atoms with E-state index in [2.05, 4.69) is 21.2 Å². The van der Waals surface area contributed by atoms with E-state index < -0.39 is 6.09 Å². The summed E-state index contributed by atoms with van der Waals surface area (Å²) in [5.74, 6) is 0. The van der Waals surface area contributed by atoms with Crippen LogP contribution in [0.5, 0.6) is 0 Å². The van der Waals surface area contributed by atoms with E-state index in [1.54, 1.807) is 18.2 Å². The molecule has 0 saturated carbocycles. The molecule has 0 aromatic heterocycles. The van der Waals surface area contributed by atoms with E-state index in [0.29, 0.717) is 5.02 Å². The molecule has 0 aliphatic heterocycles. The van der Waals surface area contributed by atoms with Crippen LogP contribution in [0.3, 0.4) is 0 Å². The van der Waals surface area contributed by atoms with Gasteiger partial charge < -0.3 is 10.4 Å². The van der Waals surface area contributed by atoms with Crippen LogP contribution in [0.4, 0.5) is 4.79 Å². The van der Waals surface area contributed by atoms with Gasteiger partial charge in [0.1, 0.15) is 0 Å². The highest BCUT2D eigenvalue weighted by molar-refractivity contribution is 9.10. The van der Waals surface area contributed by atoms with Crippen molar-refractivity contribution in [1.82, 2.24) is 5.32 Å². The monoisotopic (exact) mass is 263 g/mol. The number of benzene rings is 1. The van der Waals surface area contributed by atoms with Crippen molar-refractivity contribution in [2.45, 2.75) is 6.54 Å². The van der Waals surface area contributed by atoms with Gasteiger partial charge in [0.15, 0.2) is 0 Å². The summed E-state index contributed by atoms with van der Waals surface area (Å²) in [7, 11) is 0. The summed E-state index contributed by atoms with van der Waals surface area (Å²) in [4.78, 5) is 10.2. The molecule has 13 heavy (non-hydrogen) atoms. The van der Waals surface area contributed by atoms with Gasteiger partial charge in [0, 0.05) is 16.0 Å². The topological polar surface area (TPSA) is 49.3 Å². The molecule has 0 atom stereocenters. The predicted octanol–water partition coefficient (Wildman–Crippen LogP) is 2.87. The highest BCUT2D eigenvalue weighted by Gasteiger charge is 2.01. The van der Waals surface area contributed by atoms with E-state index in [-0.39, 0.29) is 6.54 Å². The first-order chi connectivity index (χ1) is 6.09. The molecule has 0 bridgehead atoms. The fourth-order valence-corrected chi connectivity index (χ4v) is 1.66. The third-order valence-corrected chi connectivity index (χ3v) is 2.42. The number of rotatable bonds is 2. The first kappa shape index (κ1) is 10.3. The van der Waals surface area contributed by atoms with E-state index in [9.17, 15) is 4.79 Å². The Morgan fingerprint density at radius 2 is 2.31 bits per heavy atom. The lowest BCUT2D eigenvalue weighted by molar-refractivity contribution is 0.194. The molecule has 0 spiro atoms. The van der Waals surface area contributed by atoms with Crippen LogP contribution in [0, 0.1) is 0 Å². The van der Waals surface area contributed by atoms with Crippen molar-refractivity contribution in [3.05, 3.63) is 33.3 Å².